The minimum absolute atomic E-state index is 0.266. The molecule has 1 fully saturated rings. The number of amides is 1. The van der Waals surface area contributed by atoms with Crippen LogP contribution in [0.25, 0.3) is 11.3 Å². The van der Waals surface area contributed by atoms with Crippen molar-refractivity contribution in [2.75, 3.05) is 18.5 Å². The van der Waals surface area contributed by atoms with Crippen LogP contribution in [0.5, 0.6) is 0 Å². The Kier molecular flexibility index (Phi) is 6.77. The minimum Gasteiger partial charge on any atom is -0.381 e. The van der Waals surface area contributed by atoms with E-state index in [4.69, 9.17) is 20.9 Å². The fraction of sp³-hybridized carbons (Fsp3) is 0.304. The van der Waals surface area contributed by atoms with E-state index < -0.39 is 0 Å². The van der Waals surface area contributed by atoms with E-state index in [2.05, 4.69) is 16.5 Å². The highest BCUT2D eigenvalue weighted by atomic mass is 35.5. The van der Waals surface area contributed by atoms with Gasteiger partial charge in [0.05, 0.1) is 5.02 Å². The van der Waals surface area contributed by atoms with Crippen molar-refractivity contribution in [2.45, 2.75) is 30.8 Å². The second-order valence-corrected chi connectivity index (χ2v) is 8.92. The number of ether oxygens (including phenoxy) is 1. The fourth-order valence-electron chi connectivity index (χ4n) is 3.47. The Balaban J connectivity index is 1.48. The Morgan fingerprint density at radius 3 is 2.80 bits per heavy atom. The standard InChI is InChI=1S/C23H23ClN2O3S/c1-15-21(22(26-29-15)19-7-2-3-8-20(19)24)23(27)25-17-6-4-5-16(13-17)14-30-18-9-11-28-12-10-18/h2-8,13,18H,9-12,14H2,1H3,(H,25,27). The molecule has 156 valence electrons. The first-order chi connectivity index (χ1) is 14.6. The Bertz CT molecular complexity index is 1030. The Hall–Kier alpha value is -2.28. The maximum absolute atomic E-state index is 13.0. The smallest absolute Gasteiger partial charge is 0.261 e. The van der Waals surface area contributed by atoms with Crippen molar-refractivity contribution in [1.29, 1.82) is 0 Å². The average molecular weight is 443 g/mol. The molecule has 30 heavy (non-hydrogen) atoms. The van der Waals surface area contributed by atoms with E-state index in [0.29, 0.717) is 32.9 Å². The lowest BCUT2D eigenvalue weighted by Crippen LogP contribution is -2.17. The molecule has 0 saturated carbocycles. The normalized spacial score (nSPS) is 14.6. The van der Waals surface area contributed by atoms with Gasteiger partial charge in [-0.2, -0.15) is 11.8 Å². The summed E-state index contributed by atoms with van der Waals surface area (Å²) in [7, 11) is 0. The van der Waals surface area contributed by atoms with E-state index in [1.54, 1.807) is 13.0 Å². The third kappa shape index (κ3) is 4.89. The Labute approximate surface area is 185 Å². The molecular weight excluding hydrogens is 420 g/mol. The number of carbonyl (C=O) groups is 1. The fourth-order valence-corrected chi connectivity index (χ4v) is 4.82. The summed E-state index contributed by atoms with van der Waals surface area (Å²) in [6.45, 7) is 3.42. The van der Waals surface area contributed by atoms with Gasteiger partial charge in [-0.05, 0) is 43.5 Å². The molecule has 1 aliphatic rings. The van der Waals surface area contributed by atoms with Gasteiger partial charge in [0.15, 0.2) is 0 Å². The van der Waals surface area contributed by atoms with Crippen LogP contribution in [0.3, 0.4) is 0 Å². The first-order valence-electron chi connectivity index (χ1n) is 9.92. The number of rotatable bonds is 6. The molecule has 0 atom stereocenters. The molecule has 2 heterocycles. The highest BCUT2D eigenvalue weighted by molar-refractivity contribution is 7.99. The molecule has 0 spiro atoms. The van der Waals surface area contributed by atoms with Crippen molar-refractivity contribution in [3.63, 3.8) is 0 Å². The number of thioether (sulfide) groups is 1. The zero-order valence-corrected chi connectivity index (χ0v) is 18.3. The van der Waals surface area contributed by atoms with Gasteiger partial charge in [0.2, 0.25) is 0 Å². The zero-order chi connectivity index (χ0) is 20.9. The molecule has 0 bridgehead atoms. The van der Waals surface area contributed by atoms with Crippen LogP contribution >= 0.6 is 23.4 Å². The summed E-state index contributed by atoms with van der Waals surface area (Å²) >= 11 is 8.25. The van der Waals surface area contributed by atoms with Crippen molar-refractivity contribution in [1.82, 2.24) is 5.16 Å². The number of benzene rings is 2. The van der Waals surface area contributed by atoms with Crippen LogP contribution in [0.4, 0.5) is 5.69 Å². The van der Waals surface area contributed by atoms with Crippen LogP contribution in [-0.4, -0.2) is 29.5 Å². The van der Waals surface area contributed by atoms with Crippen LogP contribution in [-0.2, 0) is 10.5 Å². The lowest BCUT2D eigenvalue weighted by Gasteiger charge is -2.21. The van der Waals surface area contributed by atoms with E-state index in [0.717, 1.165) is 37.5 Å². The largest absolute Gasteiger partial charge is 0.381 e. The SMILES string of the molecule is Cc1onc(-c2ccccc2Cl)c1C(=O)Nc1cccc(CSC2CCOCC2)c1. The number of nitrogens with one attached hydrogen (secondary N) is 1. The third-order valence-corrected chi connectivity index (χ3v) is 6.83. The molecule has 1 N–H and O–H groups in total. The van der Waals surface area contributed by atoms with Gasteiger partial charge in [0.1, 0.15) is 17.0 Å². The second-order valence-electron chi connectivity index (χ2n) is 7.22. The van der Waals surface area contributed by atoms with E-state index >= 15 is 0 Å². The molecule has 5 nitrogen and oxygen atoms in total. The predicted molar refractivity (Wildman–Crippen MR) is 121 cm³/mol. The molecule has 7 heteroatoms. The highest BCUT2D eigenvalue weighted by Gasteiger charge is 2.23. The monoisotopic (exact) mass is 442 g/mol. The van der Waals surface area contributed by atoms with E-state index in [-0.39, 0.29) is 5.91 Å². The number of aryl methyl sites for hydroxylation is 1. The second kappa shape index (κ2) is 9.69. The van der Waals surface area contributed by atoms with Crippen LogP contribution in [0.1, 0.15) is 34.5 Å². The molecule has 1 aliphatic heterocycles. The molecule has 1 saturated heterocycles. The molecule has 0 aliphatic carbocycles. The average Bonchev–Trinajstić information content (AvgIpc) is 3.15. The van der Waals surface area contributed by atoms with Gasteiger partial charge in [0, 0.05) is 35.5 Å². The molecule has 0 radical (unpaired) electrons. The molecule has 0 unspecified atom stereocenters. The zero-order valence-electron chi connectivity index (χ0n) is 16.7. The van der Waals surface area contributed by atoms with Gasteiger partial charge in [-0.25, -0.2) is 0 Å². The van der Waals surface area contributed by atoms with Crippen molar-refractivity contribution >= 4 is 35.0 Å². The molecule has 1 amide bonds. The summed E-state index contributed by atoms with van der Waals surface area (Å²) in [4.78, 5) is 13.0. The number of hydrogen-bond acceptors (Lipinski definition) is 5. The molecule has 4 rings (SSSR count). The summed E-state index contributed by atoms with van der Waals surface area (Å²) in [5, 5.41) is 8.21. The number of halogens is 1. The first kappa shape index (κ1) is 21.0. The Morgan fingerprint density at radius 1 is 1.20 bits per heavy atom. The number of aromatic nitrogens is 1. The van der Waals surface area contributed by atoms with Gasteiger partial charge < -0.3 is 14.6 Å². The Morgan fingerprint density at radius 2 is 2.00 bits per heavy atom. The lowest BCUT2D eigenvalue weighted by molar-refractivity contribution is 0.0999. The topological polar surface area (TPSA) is 64.4 Å². The van der Waals surface area contributed by atoms with Crippen molar-refractivity contribution < 1.29 is 14.1 Å². The highest BCUT2D eigenvalue weighted by Crippen LogP contribution is 2.32. The number of nitrogens with zero attached hydrogens (tertiary/aromatic N) is 1. The number of anilines is 1. The maximum atomic E-state index is 13.0. The van der Waals surface area contributed by atoms with Crippen LogP contribution in [0.2, 0.25) is 5.02 Å². The predicted octanol–water partition coefficient (Wildman–Crippen LogP) is 5.97. The van der Waals surface area contributed by atoms with E-state index in [1.165, 1.54) is 5.56 Å². The van der Waals surface area contributed by atoms with Gasteiger partial charge in [-0.3, -0.25) is 4.79 Å². The van der Waals surface area contributed by atoms with E-state index in [1.807, 2.05) is 48.2 Å². The van der Waals surface area contributed by atoms with Crippen molar-refractivity contribution in [2.24, 2.45) is 0 Å². The van der Waals surface area contributed by atoms with Gasteiger partial charge >= 0.3 is 0 Å². The summed E-state index contributed by atoms with van der Waals surface area (Å²) in [6, 6.07) is 15.2. The third-order valence-electron chi connectivity index (χ3n) is 5.06. The summed E-state index contributed by atoms with van der Waals surface area (Å²) < 4.78 is 10.7. The van der Waals surface area contributed by atoms with Crippen LogP contribution < -0.4 is 5.32 Å². The summed E-state index contributed by atoms with van der Waals surface area (Å²) in [5.41, 5.74) is 3.43. The number of hydrogen-bond donors (Lipinski definition) is 1. The quantitative estimate of drug-likeness (QED) is 0.509. The van der Waals surface area contributed by atoms with Gasteiger partial charge in [-0.1, -0.05) is 47.1 Å². The molecule has 3 aromatic rings. The summed E-state index contributed by atoms with van der Waals surface area (Å²) in [6.07, 6.45) is 2.19. The van der Waals surface area contributed by atoms with Crippen LogP contribution in [0.15, 0.2) is 53.1 Å². The van der Waals surface area contributed by atoms with Crippen molar-refractivity contribution in [3.05, 3.63) is 70.4 Å². The van der Waals surface area contributed by atoms with Gasteiger partial charge in [-0.15, -0.1) is 0 Å². The number of carbonyl (C=O) groups excluding carboxylic acids is 1. The first-order valence-corrected chi connectivity index (χ1v) is 11.4. The molecule has 1 aromatic heterocycles. The maximum Gasteiger partial charge on any atom is 0.261 e. The lowest BCUT2D eigenvalue weighted by atomic mass is 10.1. The summed E-state index contributed by atoms with van der Waals surface area (Å²) in [5.74, 6) is 1.09. The van der Waals surface area contributed by atoms with Crippen molar-refractivity contribution in [3.8, 4) is 11.3 Å². The molecule has 2 aromatic carbocycles. The van der Waals surface area contributed by atoms with Crippen LogP contribution in [0, 0.1) is 6.92 Å². The minimum atomic E-state index is -0.266. The van der Waals surface area contributed by atoms with Gasteiger partial charge in [0.25, 0.3) is 5.91 Å². The van der Waals surface area contributed by atoms with E-state index in [9.17, 15) is 4.79 Å². The molecular formula is C23H23ClN2O3S.